The number of carbonyl (C=O) groups excluding carboxylic acids is 1. The van der Waals surface area contributed by atoms with Crippen molar-refractivity contribution in [1.82, 2.24) is 5.43 Å². The molecule has 0 aromatic carbocycles. The third kappa shape index (κ3) is 2.40. The van der Waals surface area contributed by atoms with Crippen LogP contribution in [0.2, 0.25) is 0 Å². The van der Waals surface area contributed by atoms with Gasteiger partial charge in [-0.05, 0) is 10.4 Å². The Morgan fingerprint density at radius 1 is 1.38 bits per heavy atom. The summed E-state index contributed by atoms with van der Waals surface area (Å²) in [6, 6.07) is 0. The average molecular weight is 196 g/mol. The van der Waals surface area contributed by atoms with Crippen molar-refractivity contribution in [3.05, 3.63) is 10.1 Å². The van der Waals surface area contributed by atoms with Crippen molar-refractivity contribution < 1.29 is 44.5 Å². The van der Waals surface area contributed by atoms with Crippen molar-refractivity contribution in [3.8, 4) is 0 Å². The van der Waals surface area contributed by atoms with Crippen molar-refractivity contribution in [2.45, 2.75) is 5.79 Å². The molecule has 0 spiro atoms. The van der Waals surface area contributed by atoms with Crippen LogP contribution < -0.4 is 40.1 Å². The van der Waals surface area contributed by atoms with Gasteiger partial charge in [-0.2, -0.15) is 0 Å². The summed E-state index contributed by atoms with van der Waals surface area (Å²) in [7, 11) is 0. The number of nitrogens with one attached hydrogen (secondary N) is 1. The minimum atomic E-state index is -2.51. The van der Waals surface area contributed by atoms with Gasteiger partial charge in [0.05, 0.1) is 0 Å². The normalized spacial score (nSPS) is 16.3. The zero-order valence-electron chi connectivity index (χ0n) is 6.37. The largest absolute Gasteiger partial charge is 1.00 e. The van der Waals surface area contributed by atoms with Crippen LogP contribution >= 0.6 is 0 Å². The van der Waals surface area contributed by atoms with Crippen LogP contribution in [-0.2, 0) is 4.79 Å². The van der Waals surface area contributed by atoms with E-state index in [0.717, 1.165) is 0 Å². The van der Waals surface area contributed by atoms with E-state index in [1.165, 1.54) is 5.43 Å². The van der Waals surface area contributed by atoms with Crippen LogP contribution in [-0.4, -0.2) is 16.8 Å². The maximum absolute atomic E-state index is 10.3. The molecule has 0 saturated carbocycles. The number of nitrogens with zero attached hydrogens (tertiary/aromatic N) is 5. The van der Waals surface area contributed by atoms with E-state index in [2.05, 4.69) is 20.7 Å². The molecule has 1 aliphatic rings. The number of rotatable bonds is 3. The first-order valence-electron chi connectivity index (χ1n) is 2.54. The van der Waals surface area contributed by atoms with Gasteiger partial charge in [-0.15, -0.1) is 10.2 Å². The predicted octanol–water partition coefficient (Wildman–Crippen LogP) is -4.99. The Kier molecular flexibility index (Phi) is 3.84. The quantitative estimate of drug-likeness (QED) is 0.273. The molecule has 0 aromatic rings. The van der Waals surface area contributed by atoms with E-state index in [9.17, 15) is 20.0 Å². The summed E-state index contributed by atoms with van der Waals surface area (Å²) in [5, 5.41) is 30.4. The van der Waals surface area contributed by atoms with Crippen molar-refractivity contribution in [1.29, 1.82) is 0 Å². The molecule has 1 aliphatic heterocycles. The van der Waals surface area contributed by atoms with Gasteiger partial charge in [0.1, 0.15) is 5.97 Å². The standard InChI is InChI=1S/C2H2N6O4.Na/c9-1(10)2(5-8(11)12)3-6-7-4-2;/h5H,(H,9,10);/q;+1/p-1. The number of nitro groups is 1. The molecular formula is C2HN6NaO4. The Hall–Kier alpha value is -1.13. The van der Waals surface area contributed by atoms with Gasteiger partial charge in [0.2, 0.25) is 0 Å². The second-order valence-electron chi connectivity index (χ2n) is 1.71. The summed E-state index contributed by atoms with van der Waals surface area (Å²) in [5.41, 5.74) is 1.29. The molecular weight excluding hydrogens is 195 g/mol. The third-order valence-corrected chi connectivity index (χ3v) is 0.951. The number of hydrazine groups is 1. The van der Waals surface area contributed by atoms with E-state index >= 15 is 0 Å². The van der Waals surface area contributed by atoms with Crippen LogP contribution in [0.3, 0.4) is 0 Å². The number of carboxylic acid groups (broad SMARTS) is 1. The summed E-state index contributed by atoms with van der Waals surface area (Å²) in [6.07, 6.45) is 0. The Morgan fingerprint density at radius 2 is 1.85 bits per heavy atom. The van der Waals surface area contributed by atoms with Gasteiger partial charge in [0.25, 0.3) is 0 Å². The van der Waals surface area contributed by atoms with Crippen molar-refractivity contribution in [2.75, 3.05) is 0 Å². The second-order valence-corrected chi connectivity index (χ2v) is 1.71. The first kappa shape index (κ1) is 11.9. The van der Waals surface area contributed by atoms with Gasteiger partial charge < -0.3 is 9.90 Å². The van der Waals surface area contributed by atoms with Crippen molar-refractivity contribution >= 4 is 5.97 Å². The number of carboxylic acids is 1. The molecule has 0 atom stereocenters. The first-order chi connectivity index (χ1) is 5.57. The molecule has 10 nitrogen and oxygen atoms in total. The van der Waals surface area contributed by atoms with E-state index < -0.39 is 16.8 Å². The van der Waals surface area contributed by atoms with Gasteiger partial charge in [-0.1, -0.05) is 5.43 Å². The van der Waals surface area contributed by atoms with E-state index in [1.807, 2.05) is 0 Å². The topological polar surface area (TPSA) is 145 Å². The van der Waals surface area contributed by atoms with Crippen molar-refractivity contribution in [2.24, 2.45) is 20.7 Å². The first-order valence-corrected chi connectivity index (χ1v) is 2.54. The predicted molar refractivity (Wildman–Crippen MR) is 27.6 cm³/mol. The average Bonchev–Trinajstić information content (AvgIpc) is 2.35. The molecule has 0 fully saturated rings. The molecule has 0 bridgehead atoms. The smallest absolute Gasteiger partial charge is 0.543 e. The molecule has 64 valence electrons. The van der Waals surface area contributed by atoms with Crippen molar-refractivity contribution in [3.63, 3.8) is 0 Å². The Bertz CT molecular complexity index is 274. The van der Waals surface area contributed by atoms with Crippen LogP contribution in [0.4, 0.5) is 0 Å². The molecule has 0 aliphatic carbocycles. The summed E-state index contributed by atoms with van der Waals surface area (Å²) in [4.78, 5) is 20.1. The molecule has 11 heteroatoms. The molecule has 0 saturated heterocycles. The second kappa shape index (κ2) is 4.20. The van der Waals surface area contributed by atoms with Gasteiger partial charge >= 0.3 is 35.3 Å². The SMILES string of the molecule is O=C([O-])C1(N[N+](=O)[O-])N=NN=N1.[Na+]. The number of hydrogen-bond donors (Lipinski definition) is 1. The Balaban J connectivity index is 0.00000144. The van der Waals surface area contributed by atoms with E-state index in [1.54, 1.807) is 0 Å². The molecule has 1 rings (SSSR count). The van der Waals surface area contributed by atoms with E-state index in [0.29, 0.717) is 0 Å². The molecule has 1 heterocycles. The van der Waals surface area contributed by atoms with E-state index in [4.69, 9.17) is 0 Å². The summed E-state index contributed by atoms with van der Waals surface area (Å²) in [5.74, 6) is -4.41. The summed E-state index contributed by atoms with van der Waals surface area (Å²) in [6.45, 7) is 0. The third-order valence-electron chi connectivity index (χ3n) is 0.951. The molecule has 0 radical (unpaired) electrons. The Labute approximate surface area is 92.5 Å². The van der Waals surface area contributed by atoms with Crippen LogP contribution in [0.1, 0.15) is 0 Å². The minimum absolute atomic E-state index is 0. The van der Waals surface area contributed by atoms with Gasteiger partial charge in [0, 0.05) is 0 Å². The zero-order valence-corrected chi connectivity index (χ0v) is 8.37. The van der Waals surface area contributed by atoms with Crippen LogP contribution in [0.15, 0.2) is 20.7 Å². The molecule has 13 heavy (non-hydrogen) atoms. The maximum Gasteiger partial charge on any atom is 1.00 e. The number of aliphatic carboxylic acids is 1. The molecule has 0 amide bonds. The summed E-state index contributed by atoms with van der Waals surface area (Å²) < 4.78 is 0. The van der Waals surface area contributed by atoms with Gasteiger partial charge in [-0.25, -0.2) is 10.1 Å². The maximum atomic E-state index is 10.3. The van der Waals surface area contributed by atoms with Crippen LogP contribution in [0.5, 0.6) is 0 Å². The molecule has 0 unspecified atom stereocenters. The van der Waals surface area contributed by atoms with Crippen LogP contribution in [0, 0.1) is 10.1 Å². The fraction of sp³-hybridized carbons (Fsp3) is 0.500. The molecule has 0 aromatic heterocycles. The number of hydrogen-bond acceptors (Lipinski definition) is 8. The van der Waals surface area contributed by atoms with Crippen LogP contribution in [0.25, 0.3) is 0 Å². The fourth-order valence-corrected chi connectivity index (χ4v) is 0.489. The van der Waals surface area contributed by atoms with Gasteiger partial charge in [0.15, 0.2) is 5.03 Å². The zero-order chi connectivity index (χ0) is 9.19. The molecule has 1 N–H and O–H groups in total. The number of carbonyl (C=O) groups is 1. The Morgan fingerprint density at radius 3 is 2.15 bits per heavy atom. The van der Waals surface area contributed by atoms with E-state index in [-0.39, 0.29) is 29.6 Å². The summed E-state index contributed by atoms with van der Waals surface area (Å²) >= 11 is 0. The monoisotopic (exact) mass is 196 g/mol. The minimum Gasteiger partial charge on any atom is -0.543 e. The van der Waals surface area contributed by atoms with Gasteiger partial charge in [-0.3, -0.25) is 0 Å². The fourth-order valence-electron chi connectivity index (χ4n) is 0.489.